The molecular formula is C21H18ClF2N7O2. The number of rotatable bonds is 6. The number of benzene rings is 2. The first-order chi connectivity index (χ1) is 15.8. The van der Waals surface area contributed by atoms with Gasteiger partial charge in [-0.05, 0) is 29.3 Å². The van der Waals surface area contributed by atoms with Gasteiger partial charge in [-0.3, -0.25) is 20.6 Å². The molecule has 1 amide bonds. The molecule has 9 nitrogen and oxygen atoms in total. The van der Waals surface area contributed by atoms with Crippen LogP contribution in [0.25, 0.3) is 22.5 Å². The van der Waals surface area contributed by atoms with Crippen LogP contribution in [0.5, 0.6) is 0 Å². The predicted octanol–water partition coefficient (Wildman–Crippen LogP) is 2.92. The molecule has 33 heavy (non-hydrogen) atoms. The van der Waals surface area contributed by atoms with Gasteiger partial charge in [-0.15, -0.1) is 0 Å². The molecule has 4 N–H and O–H groups in total. The summed E-state index contributed by atoms with van der Waals surface area (Å²) in [6.45, 7) is 2.09. The summed E-state index contributed by atoms with van der Waals surface area (Å²) >= 11 is 6.03. The van der Waals surface area contributed by atoms with Gasteiger partial charge in [0.1, 0.15) is 11.6 Å². The van der Waals surface area contributed by atoms with Gasteiger partial charge in [-0.2, -0.15) is 4.98 Å². The lowest BCUT2D eigenvalue weighted by atomic mass is 9.97. The third-order valence-electron chi connectivity index (χ3n) is 4.67. The van der Waals surface area contributed by atoms with Gasteiger partial charge in [-0.1, -0.05) is 28.9 Å². The molecule has 0 saturated heterocycles. The number of halogens is 3. The summed E-state index contributed by atoms with van der Waals surface area (Å²) in [5.74, 6) is -1.36. The van der Waals surface area contributed by atoms with E-state index in [0.29, 0.717) is 17.7 Å². The van der Waals surface area contributed by atoms with E-state index in [-0.39, 0.29) is 52.7 Å². The van der Waals surface area contributed by atoms with Gasteiger partial charge < -0.3 is 10.3 Å². The number of guanidine groups is 1. The number of aryl methyl sites for hydroxylation is 1. The van der Waals surface area contributed by atoms with Crippen LogP contribution in [-0.2, 0) is 11.3 Å². The number of nitrogens with two attached hydrogens (primary N) is 1. The van der Waals surface area contributed by atoms with Crippen LogP contribution in [-0.4, -0.2) is 34.3 Å². The smallest absolute Gasteiger partial charge is 0.244 e. The summed E-state index contributed by atoms with van der Waals surface area (Å²) in [7, 11) is 0. The number of aromatic nitrogens is 2. The van der Waals surface area contributed by atoms with E-state index in [1.54, 1.807) is 13.0 Å². The average molecular weight is 474 g/mol. The number of hydrogen-bond acceptors (Lipinski definition) is 6. The van der Waals surface area contributed by atoms with Crippen molar-refractivity contribution in [3.05, 3.63) is 58.4 Å². The Bertz CT molecular complexity index is 1290. The van der Waals surface area contributed by atoms with Gasteiger partial charge in [-0.25, -0.2) is 13.8 Å². The van der Waals surface area contributed by atoms with Crippen molar-refractivity contribution >= 4 is 29.2 Å². The Balaban J connectivity index is 1.52. The molecule has 0 fully saturated rings. The molecule has 1 aliphatic rings. The van der Waals surface area contributed by atoms with Crippen LogP contribution in [0.4, 0.5) is 8.78 Å². The summed E-state index contributed by atoms with van der Waals surface area (Å²) < 4.78 is 34.5. The van der Waals surface area contributed by atoms with Gasteiger partial charge >= 0.3 is 0 Å². The molecule has 0 aliphatic carbocycles. The molecule has 0 saturated carbocycles. The Morgan fingerprint density at radius 2 is 2.03 bits per heavy atom. The van der Waals surface area contributed by atoms with Gasteiger partial charge in [0.25, 0.3) is 0 Å². The first-order valence-corrected chi connectivity index (χ1v) is 10.1. The molecular weight excluding hydrogens is 456 g/mol. The zero-order valence-electron chi connectivity index (χ0n) is 17.3. The monoisotopic (exact) mass is 473 g/mol. The van der Waals surface area contributed by atoms with E-state index >= 15 is 0 Å². The van der Waals surface area contributed by atoms with Crippen LogP contribution >= 0.6 is 11.6 Å². The zero-order valence-corrected chi connectivity index (χ0v) is 18.1. The highest BCUT2D eigenvalue weighted by Crippen LogP contribution is 2.36. The van der Waals surface area contributed by atoms with E-state index in [1.165, 1.54) is 18.2 Å². The average Bonchev–Trinajstić information content (AvgIpc) is 3.48. The van der Waals surface area contributed by atoms with Gasteiger partial charge in [0, 0.05) is 23.2 Å². The number of aliphatic imine (C=N–C) groups is 2. The Morgan fingerprint density at radius 3 is 2.70 bits per heavy atom. The topological polar surface area (TPSA) is 131 Å². The van der Waals surface area contributed by atoms with E-state index in [9.17, 15) is 13.6 Å². The highest BCUT2D eigenvalue weighted by Gasteiger charge is 2.20. The maximum Gasteiger partial charge on any atom is 0.244 e. The quantitative estimate of drug-likeness (QED) is 0.286. The number of hydrazine groups is 1. The molecule has 1 aliphatic heterocycles. The van der Waals surface area contributed by atoms with Crippen LogP contribution < -0.4 is 16.6 Å². The molecule has 170 valence electrons. The van der Waals surface area contributed by atoms with Crippen molar-refractivity contribution in [3.8, 4) is 22.5 Å². The fourth-order valence-electron chi connectivity index (χ4n) is 3.01. The maximum absolute atomic E-state index is 14.8. The lowest BCUT2D eigenvalue weighted by molar-refractivity contribution is -0.120. The third kappa shape index (κ3) is 5.50. The summed E-state index contributed by atoms with van der Waals surface area (Å²) in [4.78, 5) is 23.6. The molecule has 4 rings (SSSR count). The number of nitrogens with zero attached hydrogens (tertiary/aromatic N) is 4. The highest BCUT2D eigenvalue weighted by molar-refractivity contribution is 6.31. The molecule has 2 heterocycles. The van der Waals surface area contributed by atoms with Crippen molar-refractivity contribution in [3.63, 3.8) is 0 Å². The maximum atomic E-state index is 14.8. The lowest BCUT2D eigenvalue weighted by Gasteiger charge is -2.11. The summed E-state index contributed by atoms with van der Waals surface area (Å²) in [6, 6.07) is 6.94. The molecule has 0 spiro atoms. The second-order valence-electron chi connectivity index (χ2n) is 7.19. The normalized spacial score (nSPS) is 13.0. The zero-order chi connectivity index (χ0) is 23.5. The number of nitrogens with one attached hydrogen (secondary N) is 2. The van der Waals surface area contributed by atoms with Crippen molar-refractivity contribution in [2.45, 2.75) is 19.9 Å². The fourth-order valence-corrected chi connectivity index (χ4v) is 3.22. The van der Waals surface area contributed by atoms with Crippen molar-refractivity contribution in [1.82, 2.24) is 21.0 Å². The van der Waals surface area contributed by atoms with E-state index in [4.69, 9.17) is 21.9 Å². The Hall–Kier alpha value is -3.86. The van der Waals surface area contributed by atoms with Gasteiger partial charge in [0.05, 0.1) is 25.1 Å². The fraction of sp³-hybridized carbons (Fsp3) is 0.190. The van der Waals surface area contributed by atoms with Crippen molar-refractivity contribution < 1.29 is 18.1 Å². The van der Waals surface area contributed by atoms with Gasteiger partial charge in [0.2, 0.25) is 23.6 Å². The summed E-state index contributed by atoms with van der Waals surface area (Å²) in [5.41, 5.74) is 12.3. The van der Waals surface area contributed by atoms with Gasteiger partial charge in [0.15, 0.2) is 0 Å². The lowest BCUT2D eigenvalue weighted by Crippen LogP contribution is -2.45. The van der Waals surface area contributed by atoms with Crippen molar-refractivity contribution in [1.29, 1.82) is 0 Å². The van der Waals surface area contributed by atoms with E-state index in [1.807, 2.05) is 0 Å². The minimum atomic E-state index is -0.665. The second kappa shape index (κ2) is 9.33. The SMILES string of the molecule is Cc1nc(-c2c(F)cc(Cl)cc2-c2ccc(CN=C(N)NNC(=O)CC3=NC3)c(F)c2)no1. The summed E-state index contributed by atoms with van der Waals surface area (Å²) in [6.07, 6.45) is 0.186. The van der Waals surface area contributed by atoms with Crippen LogP contribution in [0.1, 0.15) is 17.9 Å². The van der Waals surface area contributed by atoms with Crippen molar-refractivity contribution in [2.75, 3.05) is 6.54 Å². The molecule has 3 aromatic rings. The summed E-state index contributed by atoms with van der Waals surface area (Å²) in [5, 5.41) is 3.90. The number of hydrogen-bond donors (Lipinski definition) is 3. The molecule has 0 bridgehead atoms. The van der Waals surface area contributed by atoms with Crippen LogP contribution in [0.15, 0.2) is 44.8 Å². The molecule has 0 unspecified atom stereocenters. The number of amides is 1. The van der Waals surface area contributed by atoms with Crippen molar-refractivity contribution in [2.24, 2.45) is 15.7 Å². The first kappa shape index (κ1) is 22.3. The Morgan fingerprint density at radius 1 is 1.24 bits per heavy atom. The van der Waals surface area contributed by atoms with Crippen LogP contribution in [0.3, 0.4) is 0 Å². The molecule has 0 atom stereocenters. The van der Waals surface area contributed by atoms with Crippen LogP contribution in [0, 0.1) is 18.6 Å². The molecule has 0 radical (unpaired) electrons. The number of carbonyl (C=O) groups excluding carboxylic acids is 1. The number of carbonyl (C=O) groups is 1. The minimum absolute atomic E-state index is 0.0282. The third-order valence-corrected chi connectivity index (χ3v) is 4.88. The predicted molar refractivity (Wildman–Crippen MR) is 118 cm³/mol. The first-order valence-electron chi connectivity index (χ1n) is 9.75. The van der Waals surface area contributed by atoms with E-state index in [2.05, 4.69) is 31.0 Å². The Labute approximate surface area is 191 Å². The highest BCUT2D eigenvalue weighted by atomic mass is 35.5. The molecule has 12 heteroatoms. The van der Waals surface area contributed by atoms with Crippen LogP contribution in [0.2, 0.25) is 5.02 Å². The molecule has 1 aromatic heterocycles. The minimum Gasteiger partial charge on any atom is -0.369 e. The largest absolute Gasteiger partial charge is 0.369 e. The van der Waals surface area contributed by atoms with E-state index in [0.717, 1.165) is 11.8 Å². The Kier molecular flexibility index (Phi) is 6.31. The standard InChI is InChI=1S/C21H18ClF2N7O2/c1-10-28-20(31-33-10)19-15(5-13(22)6-17(19)24)11-2-3-12(16(23)4-11)8-27-21(25)30-29-18(32)7-14-9-26-14/h2-6H,7-9H2,1H3,(H,29,32)(H3,25,27,30). The molecule has 2 aromatic carbocycles. The van der Waals surface area contributed by atoms with E-state index < -0.39 is 11.6 Å². The second-order valence-corrected chi connectivity index (χ2v) is 7.62.